The quantitative estimate of drug-likeness (QED) is 0.768. The van der Waals surface area contributed by atoms with Gasteiger partial charge in [-0.2, -0.15) is 0 Å². The fourth-order valence-electron chi connectivity index (χ4n) is 1.90. The van der Waals surface area contributed by atoms with E-state index >= 15 is 0 Å². The first-order valence-electron chi connectivity index (χ1n) is 6.41. The SMILES string of the molecule is CC(C)Cc1nc2cc(C(=O)C(C)C)ccc2o1. The molecule has 0 unspecified atom stereocenters. The number of hydrogen-bond acceptors (Lipinski definition) is 3. The summed E-state index contributed by atoms with van der Waals surface area (Å²) in [4.78, 5) is 16.4. The molecule has 3 heteroatoms. The second-order valence-corrected chi connectivity index (χ2v) is 5.41. The maximum atomic E-state index is 11.9. The first-order valence-corrected chi connectivity index (χ1v) is 6.41. The molecule has 96 valence electrons. The van der Waals surface area contributed by atoms with Gasteiger partial charge in [-0.05, 0) is 24.1 Å². The van der Waals surface area contributed by atoms with Crippen LogP contribution in [0.3, 0.4) is 0 Å². The van der Waals surface area contributed by atoms with Crippen LogP contribution in [0.15, 0.2) is 22.6 Å². The molecule has 0 spiro atoms. The topological polar surface area (TPSA) is 43.1 Å². The van der Waals surface area contributed by atoms with Crippen LogP contribution in [0, 0.1) is 11.8 Å². The highest BCUT2D eigenvalue weighted by atomic mass is 16.3. The molecule has 1 aromatic heterocycles. The zero-order valence-corrected chi connectivity index (χ0v) is 11.4. The number of ketones is 1. The highest BCUT2D eigenvalue weighted by Crippen LogP contribution is 2.20. The van der Waals surface area contributed by atoms with E-state index in [2.05, 4.69) is 18.8 Å². The minimum absolute atomic E-state index is 0.00415. The lowest BCUT2D eigenvalue weighted by molar-refractivity contribution is 0.0939. The molecule has 0 aliphatic heterocycles. The number of Topliss-reactive ketones (excluding diaryl/α,β-unsaturated/α-hetero) is 1. The number of benzene rings is 1. The molecule has 0 aliphatic carbocycles. The van der Waals surface area contributed by atoms with Crippen molar-refractivity contribution in [1.82, 2.24) is 4.98 Å². The average Bonchev–Trinajstić information content (AvgIpc) is 2.67. The maximum Gasteiger partial charge on any atom is 0.195 e. The van der Waals surface area contributed by atoms with Crippen molar-refractivity contribution in [3.8, 4) is 0 Å². The highest BCUT2D eigenvalue weighted by molar-refractivity contribution is 5.99. The lowest BCUT2D eigenvalue weighted by atomic mass is 10.0. The van der Waals surface area contributed by atoms with E-state index in [9.17, 15) is 4.79 Å². The fourth-order valence-corrected chi connectivity index (χ4v) is 1.90. The van der Waals surface area contributed by atoms with E-state index in [1.807, 2.05) is 32.0 Å². The van der Waals surface area contributed by atoms with Gasteiger partial charge in [-0.1, -0.05) is 27.7 Å². The Morgan fingerprint density at radius 1 is 1.28 bits per heavy atom. The third-order valence-electron chi connectivity index (χ3n) is 2.82. The van der Waals surface area contributed by atoms with Crippen molar-refractivity contribution in [1.29, 1.82) is 0 Å². The number of carbonyl (C=O) groups is 1. The Morgan fingerprint density at radius 3 is 2.61 bits per heavy atom. The molecule has 3 nitrogen and oxygen atoms in total. The number of oxazole rings is 1. The van der Waals surface area contributed by atoms with E-state index in [0.29, 0.717) is 11.5 Å². The maximum absolute atomic E-state index is 11.9. The number of hydrogen-bond donors (Lipinski definition) is 0. The smallest absolute Gasteiger partial charge is 0.195 e. The molecule has 0 fully saturated rings. The molecule has 2 rings (SSSR count). The van der Waals surface area contributed by atoms with Gasteiger partial charge in [-0.25, -0.2) is 4.98 Å². The summed E-state index contributed by atoms with van der Waals surface area (Å²) in [6.45, 7) is 8.06. The molecule has 0 saturated heterocycles. The Labute approximate surface area is 107 Å². The number of fused-ring (bicyclic) bond motifs is 1. The lowest BCUT2D eigenvalue weighted by Gasteiger charge is -2.02. The van der Waals surface area contributed by atoms with Crippen LogP contribution in [-0.2, 0) is 6.42 Å². The summed E-state index contributed by atoms with van der Waals surface area (Å²) in [5.74, 6) is 1.40. The molecular formula is C15H19NO2. The summed E-state index contributed by atoms with van der Waals surface area (Å²) < 4.78 is 5.65. The van der Waals surface area contributed by atoms with Crippen molar-refractivity contribution in [2.24, 2.45) is 11.8 Å². The molecule has 0 radical (unpaired) electrons. The highest BCUT2D eigenvalue weighted by Gasteiger charge is 2.13. The van der Waals surface area contributed by atoms with Crippen molar-refractivity contribution in [2.75, 3.05) is 0 Å². The molecule has 1 heterocycles. The van der Waals surface area contributed by atoms with Crippen molar-refractivity contribution in [2.45, 2.75) is 34.1 Å². The van der Waals surface area contributed by atoms with Gasteiger partial charge in [0, 0.05) is 17.9 Å². The van der Waals surface area contributed by atoms with Crippen LogP contribution in [0.4, 0.5) is 0 Å². The molecule has 0 bridgehead atoms. The number of carbonyl (C=O) groups excluding carboxylic acids is 1. The summed E-state index contributed by atoms with van der Waals surface area (Å²) in [6, 6.07) is 5.47. The summed E-state index contributed by atoms with van der Waals surface area (Å²) in [5, 5.41) is 0. The number of aromatic nitrogens is 1. The first kappa shape index (κ1) is 12.8. The van der Waals surface area contributed by atoms with Crippen LogP contribution in [0.25, 0.3) is 11.1 Å². The third-order valence-corrected chi connectivity index (χ3v) is 2.82. The van der Waals surface area contributed by atoms with E-state index in [4.69, 9.17) is 4.42 Å². The lowest BCUT2D eigenvalue weighted by Crippen LogP contribution is -2.06. The molecule has 1 aromatic carbocycles. The summed E-state index contributed by atoms with van der Waals surface area (Å²) in [7, 11) is 0. The Morgan fingerprint density at radius 2 is 2.00 bits per heavy atom. The summed E-state index contributed by atoms with van der Waals surface area (Å²) >= 11 is 0. The average molecular weight is 245 g/mol. The predicted molar refractivity (Wildman–Crippen MR) is 71.7 cm³/mol. The van der Waals surface area contributed by atoms with Gasteiger partial charge in [-0.3, -0.25) is 4.79 Å². The van der Waals surface area contributed by atoms with Crippen molar-refractivity contribution in [3.05, 3.63) is 29.7 Å². The van der Waals surface area contributed by atoms with Gasteiger partial charge in [0.15, 0.2) is 17.3 Å². The van der Waals surface area contributed by atoms with Crippen LogP contribution in [-0.4, -0.2) is 10.8 Å². The zero-order valence-electron chi connectivity index (χ0n) is 11.4. The Hall–Kier alpha value is -1.64. The van der Waals surface area contributed by atoms with Crippen LogP contribution in [0.5, 0.6) is 0 Å². The molecule has 0 saturated carbocycles. The van der Waals surface area contributed by atoms with Gasteiger partial charge in [-0.15, -0.1) is 0 Å². The molecule has 0 N–H and O–H groups in total. The molecule has 0 aliphatic rings. The van der Waals surface area contributed by atoms with E-state index in [-0.39, 0.29) is 11.7 Å². The predicted octanol–water partition coefficient (Wildman–Crippen LogP) is 3.87. The third kappa shape index (κ3) is 2.61. The molecule has 0 amide bonds. The van der Waals surface area contributed by atoms with Gasteiger partial charge in [0.05, 0.1) is 0 Å². The number of nitrogens with zero attached hydrogens (tertiary/aromatic N) is 1. The molecule has 18 heavy (non-hydrogen) atoms. The Bertz CT molecular complexity index is 567. The summed E-state index contributed by atoms with van der Waals surface area (Å²) in [6.07, 6.45) is 0.822. The molecule has 0 atom stereocenters. The van der Waals surface area contributed by atoms with Gasteiger partial charge in [0.25, 0.3) is 0 Å². The van der Waals surface area contributed by atoms with E-state index in [1.165, 1.54) is 0 Å². The van der Waals surface area contributed by atoms with Gasteiger partial charge >= 0.3 is 0 Å². The van der Waals surface area contributed by atoms with E-state index < -0.39 is 0 Å². The first-order chi connectivity index (χ1) is 8.47. The van der Waals surface area contributed by atoms with Gasteiger partial charge in [0.1, 0.15) is 5.52 Å². The Kier molecular flexibility index (Phi) is 3.50. The zero-order chi connectivity index (χ0) is 13.3. The van der Waals surface area contributed by atoms with Gasteiger partial charge < -0.3 is 4.42 Å². The van der Waals surface area contributed by atoms with Crippen LogP contribution < -0.4 is 0 Å². The van der Waals surface area contributed by atoms with Crippen LogP contribution in [0.1, 0.15) is 43.9 Å². The minimum Gasteiger partial charge on any atom is -0.441 e. The monoisotopic (exact) mass is 245 g/mol. The van der Waals surface area contributed by atoms with Gasteiger partial charge in [0.2, 0.25) is 0 Å². The van der Waals surface area contributed by atoms with Crippen LogP contribution >= 0.6 is 0 Å². The second kappa shape index (κ2) is 4.92. The molecular weight excluding hydrogens is 226 g/mol. The summed E-state index contributed by atoms with van der Waals surface area (Å²) in [5.41, 5.74) is 2.24. The normalized spacial score (nSPS) is 11.7. The van der Waals surface area contributed by atoms with Crippen molar-refractivity contribution < 1.29 is 9.21 Å². The number of rotatable bonds is 4. The van der Waals surface area contributed by atoms with Crippen molar-refractivity contribution in [3.63, 3.8) is 0 Å². The second-order valence-electron chi connectivity index (χ2n) is 5.41. The van der Waals surface area contributed by atoms with Crippen molar-refractivity contribution >= 4 is 16.9 Å². The fraction of sp³-hybridized carbons (Fsp3) is 0.467. The Balaban J connectivity index is 2.36. The minimum atomic E-state index is 0.00415. The standard InChI is InChI=1S/C15H19NO2/c1-9(2)7-14-16-12-8-11(15(17)10(3)4)5-6-13(12)18-14/h5-6,8-10H,7H2,1-4H3. The largest absolute Gasteiger partial charge is 0.441 e. The van der Waals surface area contributed by atoms with Crippen LogP contribution in [0.2, 0.25) is 0 Å². The molecule has 2 aromatic rings. The van der Waals surface area contributed by atoms with E-state index in [1.54, 1.807) is 0 Å². The van der Waals surface area contributed by atoms with E-state index in [0.717, 1.165) is 23.4 Å².